The molecule has 3 aromatic rings. The molecule has 2 aliphatic carbocycles. The number of rotatable bonds is 11. The van der Waals surface area contributed by atoms with E-state index in [4.69, 9.17) is 4.74 Å². The number of ether oxygens (including phenoxy) is 1. The van der Waals surface area contributed by atoms with E-state index in [-0.39, 0.29) is 23.3 Å². The number of aromatic nitrogens is 2. The van der Waals surface area contributed by atoms with Crippen LogP contribution in [0.25, 0.3) is 5.69 Å². The molecule has 0 unspecified atom stereocenters. The molecule has 8 heteroatoms. The molecule has 2 saturated carbocycles. The number of para-hydroxylation sites is 1. The van der Waals surface area contributed by atoms with Crippen molar-refractivity contribution in [3.63, 3.8) is 0 Å². The van der Waals surface area contributed by atoms with Crippen molar-refractivity contribution >= 4 is 11.7 Å². The average Bonchev–Trinajstić information content (AvgIpc) is 3.70. The zero-order valence-corrected chi connectivity index (χ0v) is 21.5. The lowest BCUT2D eigenvalue weighted by Gasteiger charge is -2.44. The van der Waals surface area contributed by atoms with Crippen molar-refractivity contribution in [2.75, 3.05) is 25.0 Å². The van der Waals surface area contributed by atoms with Crippen molar-refractivity contribution in [3.8, 4) is 11.4 Å². The summed E-state index contributed by atoms with van der Waals surface area (Å²) in [4.78, 5) is 30.7. The third-order valence-electron chi connectivity index (χ3n) is 7.24. The van der Waals surface area contributed by atoms with Gasteiger partial charge in [-0.15, -0.1) is 0 Å². The first kappa shape index (κ1) is 25.0. The van der Waals surface area contributed by atoms with Crippen LogP contribution in [0, 0.1) is 6.92 Å². The van der Waals surface area contributed by atoms with Gasteiger partial charge in [-0.05, 0) is 69.3 Å². The molecule has 1 heterocycles. The van der Waals surface area contributed by atoms with E-state index in [1.54, 1.807) is 29.1 Å². The molecule has 2 aromatic carbocycles. The summed E-state index contributed by atoms with van der Waals surface area (Å²) in [5.41, 5.74) is 2.51. The lowest BCUT2D eigenvalue weighted by Crippen LogP contribution is -2.44. The van der Waals surface area contributed by atoms with Crippen molar-refractivity contribution < 1.29 is 9.53 Å². The second-order valence-corrected chi connectivity index (χ2v) is 9.96. The quantitative estimate of drug-likeness (QED) is 0.345. The predicted molar refractivity (Wildman–Crippen MR) is 145 cm³/mol. The third-order valence-corrected chi connectivity index (χ3v) is 7.24. The van der Waals surface area contributed by atoms with Crippen LogP contribution in [0.2, 0.25) is 0 Å². The normalized spacial score (nSPS) is 16.1. The number of carbonyl (C=O) groups excluding carboxylic acids is 1. The fraction of sp³-hybridized carbons (Fsp3) is 0.414. The number of aryl methyl sites for hydroxylation is 1. The molecule has 2 aliphatic rings. The summed E-state index contributed by atoms with van der Waals surface area (Å²) in [5, 5.41) is 9.80. The lowest BCUT2D eigenvalue weighted by molar-refractivity contribution is 0.0951. The standard InChI is InChI=1S/C29H35N5O3/c1-3-30-16-18-37-25-8-5-4-7-23(25)29(13-6-14-29)33-26-28(36)34(17-15-31-26)24-19-21(10-9-20(24)2)27(35)32-22-11-12-22/h4-5,7-10,15,17,19,22,30H,3,6,11-14,16,18H2,1-2H3,(H,31,33)(H,32,35). The van der Waals surface area contributed by atoms with Gasteiger partial charge >= 0.3 is 0 Å². The molecule has 0 atom stereocenters. The first-order chi connectivity index (χ1) is 18.0. The third kappa shape index (κ3) is 5.39. The molecule has 0 spiro atoms. The Morgan fingerprint density at radius 3 is 2.73 bits per heavy atom. The molecule has 8 nitrogen and oxygen atoms in total. The van der Waals surface area contributed by atoms with Crippen LogP contribution in [-0.2, 0) is 5.54 Å². The molecule has 2 fully saturated rings. The van der Waals surface area contributed by atoms with Crippen LogP contribution in [0.5, 0.6) is 5.75 Å². The molecule has 0 saturated heterocycles. The highest BCUT2D eigenvalue weighted by Gasteiger charge is 2.41. The fourth-order valence-corrected chi connectivity index (χ4v) is 4.81. The molecule has 0 bridgehead atoms. The van der Waals surface area contributed by atoms with Gasteiger partial charge in [0, 0.05) is 36.1 Å². The van der Waals surface area contributed by atoms with E-state index in [9.17, 15) is 9.59 Å². The topological polar surface area (TPSA) is 97.3 Å². The summed E-state index contributed by atoms with van der Waals surface area (Å²) in [6.45, 7) is 6.25. The highest BCUT2D eigenvalue weighted by Crippen LogP contribution is 2.46. The number of amides is 1. The summed E-state index contributed by atoms with van der Waals surface area (Å²) < 4.78 is 7.69. The molecule has 3 N–H and O–H groups in total. The summed E-state index contributed by atoms with van der Waals surface area (Å²) >= 11 is 0. The lowest BCUT2D eigenvalue weighted by atomic mass is 9.71. The van der Waals surface area contributed by atoms with Crippen molar-refractivity contribution in [1.29, 1.82) is 0 Å². The number of likely N-dealkylation sites (N-methyl/N-ethyl adjacent to an activating group) is 1. The average molecular weight is 502 g/mol. The van der Waals surface area contributed by atoms with Crippen LogP contribution < -0.4 is 26.2 Å². The molecule has 0 aliphatic heterocycles. The Morgan fingerprint density at radius 2 is 2.00 bits per heavy atom. The Labute approximate surface area is 217 Å². The second kappa shape index (κ2) is 10.8. The summed E-state index contributed by atoms with van der Waals surface area (Å²) in [7, 11) is 0. The van der Waals surface area contributed by atoms with Gasteiger partial charge in [0.1, 0.15) is 12.4 Å². The van der Waals surface area contributed by atoms with Crippen molar-refractivity contribution in [2.45, 2.75) is 57.5 Å². The molecule has 0 radical (unpaired) electrons. The summed E-state index contributed by atoms with van der Waals surface area (Å²) in [6, 6.07) is 13.8. The Bertz CT molecular complexity index is 1330. The number of nitrogens with zero attached hydrogens (tertiary/aromatic N) is 2. The van der Waals surface area contributed by atoms with Crippen LogP contribution in [0.1, 0.15) is 60.5 Å². The SMILES string of the molecule is CCNCCOc1ccccc1C1(Nc2nccn(-c3cc(C(=O)NC4CC4)ccc3C)c2=O)CCC1. The van der Waals surface area contributed by atoms with Gasteiger partial charge in [0.05, 0.1) is 11.2 Å². The minimum atomic E-state index is -0.416. The molecule has 5 rings (SSSR count). The highest BCUT2D eigenvalue weighted by atomic mass is 16.5. The Balaban J connectivity index is 1.43. The largest absolute Gasteiger partial charge is 0.492 e. The molecule has 1 amide bonds. The van der Waals surface area contributed by atoms with E-state index in [1.807, 2.05) is 31.2 Å². The Kier molecular flexibility index (Phi) is 7.28. The molecule has 194 valence electrons. The van der Waals surface area contributed by atoms with Gasteiger partial charge < -0.3 is 20.7 Å². The first-order valence-electron chi connectivity index (χ1n) is 13.2. The van der Waals surface area contributed by atoms with E-state index in [2.05, 4.69) is 33.9 Å². The Morgan fingerprint density at radius 1 is 1.19 bits per heavy atom. The van der Waals surface area contributed by atoms with Crippen LogP contribution in [0.4, 0.5) is 5.82 Å². The van der Waals surface area contributed by atoms with E-state index in [1.165, 1.54) is 0 Å². The minimum absolute atomic E-state index is 0.108. The fourth-order valence-electron chi connectivity index (χ4n) is 4.81. The number of hydrogen-bond donors (Lipinski definition) is 3. The van der Waals surface area contributed by atoms with Gasteiger partial charge in [0.15, 0.2) is 5.82 Å². The molecular formula is C29H35N5O3. The van der Waals surface area contributed by atoms with Gasteiger partial charge in [0.25, 0.3) is 11.5 Å². The monoisotopic (exact) mass is 501 g/mol. The van der Waals surface area contributed by atoms with Gasteiger partial charge in [0.2, 0.25) is 0 Å². The maximum atomic E-state index is 13.7. The second-order valence-electron chi connectivity index (χ2n) is 9.96. The van der Waals surface area contributed by atoms with E-state index in [0.717, 1.165) is 62.1 Å². The van der Waals surface area contributed by atoms with Crippen molar-refractivity contribution in [2.24, 2.45) is 0 Å². The summed E-state index contributed by atoms with van der Waals surface area (Å²) in [5.74, 6) is 1.01. The van der Waals surface area contributed by atoms with Crippen molar-refractivity contribution in [1.82, 2.24) is 20.2 Å². The Hall–Kier alpha value is -3.65. The molecular weight excluding hydrogens is 466 g/mol. The predicted octanol–water partition coefficient (Wildman–Crippen LogP) is 3.91. The molecule has 1 aromatic heterocycles. The number of carbonyl (C=O) groups is 1. The van der Waals surface area contributed by atoms with Crippen LogP contribution in [0.15, 0.2) is 59.7 Å². The van der Waals surface area contributed by atoms with Crippen LogP contribution >= 0.6 is 0 Å². The van der Waals surface area contributed by atoms with Crippen LogP contribution in [-0.4, -0.2) is 41.2 Å². The maximum Gasteiger partial charge on any atom is 0.297 e. The highest BCUT2D eigenvalue weighted by molar-refractivity contribution is 5.95. The van der Waals surface area contributed by atoms with Gasteiger partial charge in [-0.1, -0.05) is 31.2 Å². The summed E-state index contributed by atoms with van der Waals surface area (Å²) in [6.07, 6.45) is 8.15. The van der Waals surface area contributed by atoms with Gasteiger partial charge in [-0.2, -0.15) is 0 Å². The smallest absolute Gasteiger partial charge is 0.297 e. The van der Waals surface area contributed by atoms with E-state index >= 15 is 0 Å². The molecule has 37 heavy (non-hydrogen) atoms. The van der Waals surface area contributed by atoms with E-state index < -0.39 is 5.54 Å². The number of nitrogens with one attached hydrogen (secondary N) is 3. The minimum Gasteiger partial charge on any atom is -0.492 e. The van der Waals surface area contributed by atoms with Gasteiger partial charge in [-0.25, -0.2) is 4.98 Å². The van der Waals surface area contributed by atoms with Gasteiger partial charge in [-0.3, -0.25) is 14.2 Å². The first-order valence-corrected chi connectivity index (χ1v) is 13.2. The zero-order valence-electron chi connectivity index (χ0n) is 21.5. The number of hydrogen-bond acceptors (Lipinski definition) is 6. The number of anilines is 1. The van der Waals surface area contributed by atoms with Crippen molar-refractivity contribution in [3.05, 3.63) is 81.9 Å². The van der Waals surface area contributed by atoms with Crippen LogP contribution in [0.3, 0.4) is 0 Å². The maximum absolute atomic E-state index is 13.7. The van der Waals surface area contributed by atoms with E-state index in [0.29, 0.717) is 17.9 Å². The zero-order chi connectivity index (χ0) is 25.8. The number of benzene rings is 2.